The third-order valence-electron chi connectivity index (χ3n) is 4.91. The molecule has 0 saturated carbocycles. The molecule has 3 atom stereocenters. The molecule has 3 heterocycles. The largest absolute Gasteiger partial charge is 0.480 e. The number of hydrogen-bond donors (Lipinski definition) is 2. The molecule has 0 spiro atoms. The molecule has 1 unspecified atom stereocenters. The zero-order valence-electron chi connectivity index (χ0n) is 15.6. The fourth-order valence-corrected chi connectivity index (χ4v) is 6.30. The van der Waals surface area contributed by atoms with Gasteiger partial charge in [0.15, 0.2) is 0 Å². The van der Waals surface area contributed by atoms with Gasteiger partial charge in [0, 0.05) is 12.3 Å². The molecule has 2 aliphatic heterocycles. The lowest BCUT2D eigenvalue weighted by atomic mass is 10.0. The third-order valence-corrected chi connectivity index (χ3v) is 7.98. The van der Waals surface area contributed by atoms with Crippen LogP contribution >= 0.6 is 23.5 Å². The smallest absolute Gasteiger partial charge is 0.322 e. The highest BCUT2D eigenvalue weighted by molar-refractivity contribution is 8.05. The molecule has 0 aliphatic carbocycles. The van der Waals surface area contributed by atoms with Crippen LogP contribution < -0.4 is 5.32 Å². The summed E-state index contributed by atoms with van der Waals surface area (Å²) in [4.78, 5) is 37.9. The summed E-state index contributed by atoms with van der Waals surface area (Å²) in [6, 6.07) is 12.2. The Hall–Kier alpha value is -2.97. The number of hydrogen-bond acceptors (Lipinski definition) is 7. The van der Waals surface area contributed by atoms with Crippen LogP contribution in [0, 0.1) is 11.3 Å². The predicted octanol–water partition coefficient (Wildman–Crippen LogP) is 1.10. The minimum absolute atomic E-state index is 0.0219. The summed E-state index contributed by atoms with van der Waals surface area (Å²) in [5, 5.41) is 25.8. The van der Waals surface area contributed by atoms with Gasteiger partial charge in [0.25, 0.3) is 0 Å². The highest BCUT2D eigenvalue weighted by Crippen LogP contribution is 2.46. The van der Waals surface area contributed by atoms with E-state index >= 15 is 0 Å². The molecule has 1 aromatic carbocycles. The molecule has 11 heteroatoms. The Morgan fingerprint density at radius 1 is 1.37 bits per heavy atom. The number of nitrogens with zero attached hydrogens (tertiary/aromatic N) is 4. The van der Waals surface area contributed by atoms with Crippen molar-refractivity contribution in [1.29, 1.82) is 5.26 Å². The Labute approximate surface area is 180 Å². The van der Waals surface area contributed by atoms with Gasteiger partial charge in [-0.2, -0.15) is 10.4 Å². The highest BCUT2D eigenvalue weighted by Gasteiger charge is 2.58. The molecule has 2 fully saturated rings. The Bertz CT molecular complexity index is 1040. The zero-order chi connectivity index (χ0) is 21.3. The van der Waals surface area contributed by atoms with E-state index in [0.29, 0.717) is 5.03 Å². The molecular formula is C19H17N5O4S2. The normalized spacial score (nSPS) is 25.0. The van der Waals surface area contributed by atoms with Crippen LogP contribution in [0.3, 0.4) is 0 Å². The molecule has 30 heavy (non-hydrogen) atoms. The second kappa shape index (κ2) is 8.04. The van der Waals surface area contributed by atoms with Crippen molar-refractivity contribution in [3.8, 4) is 11.8 Å². The second-order valence-corrected chi connectivity index (χ2v) is 9.37. The number of thioether (sulfide) groups is 2. The number of carboxylic acid groups (broad SMARTS) is 1. The lowest BCUT2D eigenvalue weighted by Gasteiger charge is -2.53. The lowest BCUT2D eigenvalue weighted by Crippen LogP contribution is -2.74. The molecule has 2 aliphatic rings. The van der Waals surface area contributed by atoms with Crippen LogP contribution in [0.5, 0.6) is 0 Å². The Balaban J connectivity index is 1.53. The van der Waals surface area contributed by atoms with Crippen LogP contribution in [0.15, 0.2) is 47.6 Å². The van der Waals surface area contributed by atoms with Crippen LogP contribution in [-0.4, -0.2) is 66.0 Å². The highest BCUT2D eigenvalue weighted by atomic mass is 32.2. The van der Waals surface area contributed by atoms with Gasteiger partial charge >= 0.3 is 5.97 Å². The van der Waals surface area contributed by atoms with Gasteiger partial charge in [0.2, 0.25) is 11.8 Å². The van der Waals surface area contributed by atoms with Crippen molar-refractivity contribution in [2.75, 3.05) is 12.3 Å². The number of aliphatic carboxylic acids is 1. The van der Waals surface area contributed by atoms with Gasteiger partial charge in [0.05, 0.1) is 18.0 Å². The van der Waals surface area contributed by atoms with Gasteiger partial charge in [-0.25, -0.2) is 4.68 Å². The van der Waals surface area contributed by atoms with E-state index in [1.807, 2.05) is 30.3 Å². The number of carbonyl (C=O) groups excluding carboxylic acids is 2. The second-order valence-electron chi connectivity index (χ2n) is 6.87. The van der Waals surface area contributed by atoms with E-state index in [-0.39, 0.29) is 30.0 Å². The number of benzene rings is 1. The Morgan fingerprint density at radius 2 is 2.13 bits per heavy atom. The van der Waals surface area contributed by atoms with Crippen molar-refractivity contribution in [1.82, 2.24) is 20.0 Å². The predicted molar refractivity (Wildman–Crippen MR) is 110 cm³/mol. The molecule has 2 amide bonds. The zero-order valence-corrected chi connectivity index (χ0v) is 17.2. The number of fused-ring (bicyclic) bond motifs is 1. The molecule has 9 nitrogen and oxygen atoms in total. The van der Waals surface area contributed by atoms with Crippen LogP contribution in [0.4, 0.5) is 0 Å². The minimum Gasteiger partial charge on any atom is -0.480 e. The topological polar surface area (TPSA) is 128 Å². The summed E-state index contributed by atoms with van der Waals surface area (Å²) in [6.07, 6.45) is 1.29. The van der Waals surface area contributed by atoms with Crippen molar-refractivity contribution in [2.45, 2.75) is 27.6 Å². The number of carbonyl (C=O) groups is 3. The van der Waals surface area contributed by atoms with Gasteiger partial charge in [-0.3, -0.25) is 14.4 Å². The van der Waals surface area contributed by atoms with Crippen LogP contribution in [0.1, 0.15) is 6.42 Å². The average molecular weight is 444 g/mol. The van der Waals surface area contributed by atoms with E-state index in [1.165, 1.54) is 28.4 Å². The van der Waals surface area contributed by atoms with Gasteiger partial charge in [0.1, 0.15) is 27.6 Å². The van der Waals surface area contributed by atoms with Crippen LogP contribution in [-0.2, 0) is 14.4 Å². The molecule has 2 N–H and O–H groups in total. The van der Waals surface area contributed by atoms with Crippen molar-refractivity contribution in [2.24, 2.45) is 0 Å². The molecule has 0 bridgehead atoms. The first-order valence-electron chi connectivity index (χ1n) is 9.05. The minimum atomic E-state index is -1.25. The van der Waals surface area contributed by atoms with Crippen molar-refractivity contribution in [3.63, 3.8) is 0 Å². The number of aromatic nitrogens is 2. The Morgan fingerprint density at radius 3 is 2.83 bits per heavy atom. The molecule has 0 radical (unpaired) electrons. The summed E-state index contributed by atoms with van der Waals surface area (Å²) >= 11 is 2.49. The number of rotatable bonds is 6. The first-order valence-corrected chi connectivity index (χ1v) is 10.9. The van der Waals surface area contributed by atoms with Crippen LogP contribution in [0.25, 0.3) is 5.69 Å². The van der Waals surface area contributed by atoms with Gasteiger partial charge < -0.3 is 15.3 Å². The first-order chi connectivity index (χ1) is 14.4. The summed E-state index contributed by atoms with van der Waals surface area (Å²) in [5.74, 6) is -1.59. The maximum absolute atomic E-state index is 12.5. The summed E-state index contributed by atoms with van der Waals surface area (Å²) in [6.45, 7) is 0.0219. The van der Waals surface area contributed by atoms with E-state index in [4.69, 9.17) is 5.26 Å². The number of para-hydroxylation sites is 1. The number of nitriles is 1. The van der Waals surface area contributed by atoms with E-state index < -0.39 is 22.7 Å². The number of carboxylic acids is 1. The fraction of sp³-hybridized carbons (Fsp3) is 0.316. The van der Waals surface area contributed by atoms with Gasteiger partial charge in [-0.1, -0.05) is 30.0 Å². The molecule has 154 valence electrons. The fourth-order valence-electron chi connectivity index (χ4n) is 3.41. The number of nitrogens with one attached hydrogen (secondary N) is 1. The number of β-lactam (4-membered cyclic amide) rings is 1. The summed E-state index contributed by atoms with van der Waals surface area (Å²) in [5.41, 5.74) is 0.812. The molecule has 2 saturated heterocycles. The number of amides is 2. The maximum atomic E-state index is 12.5. The molecule has 1 aromatic heterocycles. The van der Waals surface area contributed by atoms with E-state index in [1.54, 1.807) is 23.0 Å². The molecular weight excluding hydrogens is 426 g/mol. The molecule has 2 aromatic rings. The quantitative estimate of drug-likeness (QED) is 0.635. The van der Waals surface area contributed by atoms with Crippen molar-refractivity contribution >= 4 is 41.3 Å². The molecule has 4 rings (SSSR count). The van der Waals surface area contributed by atoms with Gasteiger partial charge in [-0.05, 0) is 18.2 Å². The Kier molecular flexibility index (Phi) is 5.44. The lowest BCUT2D eigenvalue weighted by molar-refractivity contribution is -0.152. The average Bonchev–Trinajstić information content (AvgIpc) is 3.20. The summed E-state index contributed by atoms with van der Waals surface area (Å²) in [7, 11) is 0. The van der Waals surface area contributed by atoms with E-state index in [0.717, 1.165) is 5.69 Å². The third kappa shape index (κ3) is 3.53. The standard InChI is InChI=1S/C19H17N5O4S2/c20-8-6-13(25)22-15-16(26)23-10-19(18(27)28,11-29-17(15)23)30-14-7-9-21-24(14)12-4-2-1-3-5-12/h1-5,7,9,15,17H,6,10-11H2,(H,22,25)(H,27,28)/t15-,17-,19?/m1/s1. The van der Waals surface area contributed by atoms with Crippen molar-refractivity contribution in [3.05, 3.63) is 42.6 Å². The monoisotopic (exact) mass is 443 g/mol. The summed E-state index contributed by atoms with van der Waals surface area (Å²) < 4.78 is 0.431. The first kappa shape index (κ1) is 20.3. The SMILES string of the molecule is N#CCC(=O)N[C@@H]1C(=O)N2CC(Sc3ccnn3-c3ccccc3)(C(=O)O)CS[C@H]12. The van der Waals surface area contributed by atoms with E-state index in [2.05, 4.69) is 10.4 Å². The van der Waals surface area contributed by atoms with Crippen LogP contribution in [0.2, 0.25) is 0 Å². The maximum Gasteiger partial charge on any atom is 0.322 e. The van der Waals surface area contributed by atoms with Gasteiger partial charge in [-0.15, -0.1) is 11.8 Å². The van der Waals surface area contributed by atoms with Crippen molar-refractivity contribution < 1.29 is 19.5 Å². The van der Waals surface area contributed by atoms with E-state index in [9.17, 15) is 19.5 Å².